The van der Waals surface area contributed by atoms with Crippen molar-refractivity contribution in [3.63, 3.8) is 0 Å². The summed E-state index contributed by atoms with van der Waals surface area (Å²) in [5, 5.41) is 5.11. The van der Waals surface area contributed by atoms with Crippen molar-refractivity contribution in [2.24, 2.45) is 5.92 Å². The Morgan fingerprint density at radius 2 is 0.806 bits per heavy atom. The maximum absolute atomic E-state index is 2.75. The van der Waals surface area contributed by atoms with Gasteiger partial charge in [-0.15, -0.1) is 0 Å². The van der Waals surface area contributed by atoms with Crippen LogP contribution >= 0.6 is 0 Å². The highest BCUT2D eigenvalue weighted by atomic mass is 15.2. The molecule has 3 nitrogen and oxygen atoms in total. The van der Waals surface area contributed by atoms with Gasteiger partial charge in [-0.3, -0.25) is 0 Å². The van der Waals surface area contributed by atoms with E-state index in [1.54, 1.807) is 0 Å². The fourth-order valence-electron chi connectivity index (χ4n) is 18.7. The van der Waals surface area contributed by atoms with Crippen LogP contribution in [0, 0.1) is 5.92 Å². The van der Waals surface area contributed by atoms with Crippen molar-refractivity contribution in [3.05, 3.63) is 373 Å². The van der Waals surface area contributed by atoms with E-state index in [4.69, 9.17) is 0 Å². The van der Waals surface area contributed by atoms with Crippen molar-refractivity contribution >= 4 is 101 Å². The third-order valence-electron chi connectivity index (χ3n) is 24.0. The largest absolute Gasteiger partial charge is 0.310 e. The van der Waals surface area contributed by atoms with Crippen LogP contribution in [-0.2, 0) is 16.2 Å². The molecule has 0 radical (unpaired) electrons. The first-order chi connectivity index (χ1) is 52.5. The molecule has 2 unspecified atom stereocenters. The summed E-state index contributed by atoms with van der Waals surface area (Å²) in [5.74, 6) is 0.221. The molecule has 14 aromatic carbocycles. The summed E-state index contributed by atoms with van der Waals surface area (Å²) in [6, 6.07) is 117. The minimum Gasteiger partial charge on any atom is -0.310 e. The number of anilines is 6. The Balaban J connectivity index is 0.970. The van der Waals surface area contributed by atoms with Crippen LogP contribution in [0.5, 0.6) is 0 Å². The van der Waals surface area contributed by atoms with Gasteiger partial charge in [0.25, 0.3) is 6.71 Å². The number of rotatable bonds is 9. The molecule has 0 saturated heterocycles. The lowest BCUT2D eigenvalue weighted by Crippen LogP contribution is -2.61. The summed E-state index contributed by atoms with van der Waals surface area (Å²) in [5.41, 5.74) is 37.1. The molecule has 108 heavy (non-hydrogen) atoms. The molecule has 2 aliphatic heterocycles. The molecule has 15 aromatic rings. The van der Waals surface area contributed by atoms with Crippen molar-refractivity contribution in [2.45, 2.75) is 84.5 Å². The monoisotopic (exact) mass is 1390 g/mol. The standard InChI is InChI=1S/C104H84BN3/c1-102(2,3)74-51-47-65(48-52-74)73-58-94-99-95(59-73)108(101-86(68-33-18-12-19-34-68)62-76(104(7,8)9)63-87(101)69-35-20-13-21-36-69)93-64-77(106-90-45-24-22-40-79(90)80-41-23-25-46-91(80)106)53-55-88(93)105(99)89-57-72(78-54-49-71-39-27-43-82-81-42-26-37-70-38-28-44-83(96(70)81)98(78)97(71)82)50-56-92(89)107(94)100-84(66-29-14-10-15-30-66)60-75(103(4,5)6)61-85(100)67-31-16-11-17-32-67/h10-64,97-98H,1-9H3. The van der Waals surface area contributed by atoms with Gasteiger partial charge < -0.3 is 14.4 Å². The summed E-state index contributed by atoms with van der Waals surface area (Å²) in [6.07, 6.45) is 12.0. The molecule has 4 heteroatoms. The van der Waals surface area contributed by atoms with Gasteiger partial charge >= 0.3 is 0 Å². The Hall–Kier alpha value is -12.2. The Morgan fingerprint density at radius 3 is 1.33 bits per heavy atom. The predicted molar refractivity (Wildman–Crippen MR) is 461 cm³/mol. The van der Waals surface area contributed by atoms with E-state index in [9.17, 15) is 0 Å². The number of hydrogen-bond donors (Lipinski definition) is 0. The SMILES string of the molecule is CC(C)(C)c1ccc(-c2cc3c4c(c2)N(c2c(-c5ccccc5)cc(C(C)(C)C)cc2-c2ccccc2)c2cc(-n5c6ccccc6c6ccccc65)ccc2B4c2cc(C4=CC=C5C=CC=C6c7cccc8cccc(c78)C4C56)ccc2N3c2c(-c3ccccc3)cc(C(C)(C)C)cc2-c2ccccc2)cc1. The summed E-state index contributed by atoms with van der Waals surface area (Å²) in [7, 11) is 0. The first-order valence-corrected chi connectivity index (χ1v) is 38.6. The van der Waals surface area contributed by atoms with Crippen molar-refractivity contribution in [1.82, 2.24) is 4.57 Å². The zero-order valence-electron chi connectivity index (χ0n) is 62.8. The summed E-state index contributed by atoms with van der Waals surface area (Å²) in [4.78, 5) is 5.49. The van der Waals surface area contributed by atoms with Gasteiger partial charge in [0.1, 0.15) is 0 Å². The zero-order chi connectivity index (χ0) is 73.1. The Bertz CT molecular complexity index is 6160. The van der Waals surface area contributed by atoms with Gasteiger partial charge in [0, 0.05) is 73.3 Å². The molecule has 1 aromatic heterocycles. The highest BCUT2D eigenvalue weighted by Crippen LogP contribution is 2.59. The van der Waals surface area contributed by atoms with Gasteiger partial charge in [0.2, 0.25) is 0 Å². The Labute approximate surface area is 635 Å². The van der Waals surface area contributed by atoms with E-state index in [1.165, 1.54) is 121 Å². The lowest BCUT2D eigenvalue weighted by molar-refractivity contribution is 0.590. The number of aromatic nitrogens is 1. The van der Waals surface area contributed by atoms with E-state index in [1.807, 2.05) is 0 Å². The summed E-state index contributed by atoms with van der Waals surface area (Å²) in [6.45, 7) is 20.9. The second-order valence-corrected chi connectivity index (χ2v) is 33.5. The van der Waals surface area contributed by atoms with Gasteiger partial charge in [-0.1, -0.05) is 329 Å². The summed E-state index contributed by atoms with van der Waals surface area (Å²) >= 11 is 0. The van der Waals surface area contributed by atoms with E-state index in [-0.39, 0.29) is 34.8 Å². The smallest absolute Gasteiger partial charge is 0.252 e. The number of benzene rings is 14. The maximum atomic E-state index is 2.75. The molecular weight excluding hydrogens is 1300 g/mol. The normalized spacial score (nSPS) is 15.5. The molecule has 0 N–H and O–H groups in total. The van der Waals surface area contributed by atoms with Crippen molar-refractivity contribution in [2.75, 3.05) is 9.80 Å². The number of hydrogen-bond acceptors (Lipinski definition) is 2. The Kier molecular flexibility index (Phi) is 14.9. The molecule has 0 amide bonds. The fourth-order valence-corrected chi connectivity index (χ4v) is 18.7. The van der Waals surface area contributed by atoms with Gasteiger partial charge in [-0.05, 0) is 194 Å². The molecule has 2 atom stereocenters. The van der Waals surface area contributed by atoms with E-state index >= 15 is 0 Å². The van der Waals surface area contributed by atoms with Gasteiger partial charge in [-0.2, -0.15) is 0 Å². The van der Waals surface area contributed by atoms with E-state index < -0.39 is 0 Å². The first kappa shape index (κ1) is 65.3. The van der Waals surface area contributed by atoms with Crippen LogP contribution in [0.25, 0.3) is 105 Å². The third-order valence-corrected chi connectivity index (χ3v) is 24.0. The zero-order valence-corrected chi connectivity index (χ0v) is 62.8. The number of allylic oxidation sites excluding steroid dienone is 8. The second-order valence-electron chi connectivity index (χ2n) is 33.5. The van der Waals surface area contributed by atoms with Gasteiger partial charge in [-0.25, -0.2) is 0 Å². The average molecular weight is 1390 g/mol. The van der Waals surface area contributed by atoms with Crippen molar-refractivity contribution in [1.29, 1.82) is 0 Å². The van der Waals surface area contributed by atoms with Crippen LogP contribution in [0.15, 0.2) is 339 Å². The number of fused-ring (bicyclic) bond motifs is 9. The van der Waals surface area contributed by atoms with Crippen LogP contribution in [0.1, 0.15) is 102 Å². The third kappa shape index (κ3) is 10.4. The van der Waals surface area contributed by atoms with Gasteiger partial charge in [0.15, 0.2) is 0 Å². The highest BCUT2D eigenvalue weighted by Gasteiger charge is 2.48. The average Bonchev–Trinajstić information content (AvgIpc) is 0.939. The predicted octanol–water partition coefficient (Wildman–Crippen LogP) is 25.9. The topological polar surface area (TPSA) is 11.4 Å². The lowest BCUT2D eigenvalue weighted by atomic mass is 9.33. The van der Waals surface area contributed by atoms with Crippen molar-refractivity contribution < 1.29 is 0 Å². The van der Waals surface area contributed by atoms with Crippen LogP contribution in [0.2, 0.25) is 0 Å². The molecule has 0 saturated carbocycles. The minimum absolute atomic E-state index is 0.0587. The van der Waals surface area contributed by atoms with Crippen LogP contribution in [0.4, 0.5) is 34.1 Å². The first-order valence-electron chi connectivity index (χ1n) is 38.6. The second kappa shape index (κ2) is 24.7. The summed E-state index contributed by atoms with van der Waals surface area (Å²) < 4.78 is 2.52. The quantitative estimate of drug-likeness (QED) is 0.133. The van der Waals surface area contributed by atoms with Gasteiger partial charge in [0.05, 0.1) is 22.4 Å². The molecule has 20 rings (SSSR count). The minimum atomic E-state index is -0.278. The lowest BCUT2D eigenvalue weighted by Gasteiger charge is -2.46. The molecule has 0 fully saturated rings. The number of nitrogens with zero attached hydrogens (tertiary/aromatic N) is 3. The van der Waals surface area contributed by atoms with E-state index in [0.29, 0.717) is 0 Å². The molecular formula is C104H84BN3. The van der Waals surface area contributed by atoms with Crippen LogP contribution in [0.3, 0.4) is 0 Å². The highest BCUT2D eigenvalue weighted by molar-refractivity contribution is 7.00. The fraction of sp³-hybridized carbons (Fsp3) is 0.135. The van der Waals surface area contributed by atoms with E-state index in [0.717, 1.165) is 73.2 Å². The Morgan fingerprint density at radius 1 is 0.315 bits per heavy atom. The van der Waals surface area contributed by atoms with Crippen molar-refractivity contribution in [3.8, 4) is 61.3 Å². The van der Waals surface area contributed by atoms with E-state index in [2.05, 4.69) is 410 Å². The molecule has 0 spiro atoms. The van der Waals surface area contributed by atoms with Crippen LogP contribution < -0.4 is 26.2 Å². The molecule has 518 valence electrons. The van der Waals surface area contributed by atoms with Crippen LogP contribution in [-0.4, -0.2) is 11.3 Å². The molecule has 5 aliphatic rings. The molecule has 3 heterocycles. The number of para-hydroxylation sites is 2. The molecule has 3 aliphatic carbocycles. The molecule has 0 bridgehead atoms. The maximum Gasteiger partial charge on any atom is 0.252 e.